The number of carbonyl (C=O) groups is 1. The van der Waals surface area contributed by atoms with Crippen LogP contribution >= 0.6 is 11.6 Å². The van der Waals surface area contributed by atoms with E-state index in [0.29, 0.717) is 31.1 Å². The Bertz CT molecular complexity index is 591. The maximum Gasteiger partial charge on any atom is 0.409 e. The maximum absolute atomic E-state index is 12.0. The van der Waals surface area contributed by atoms with Crippen molar-refractivity contribution in [3.8, 4) is 0 Å². The Hall–Kier alpha value is -1.31. The zero-order chi connectivity index (χ0) is 14.6. The highest BCUT2D eigenvalue weighted by molar-refractivity contribution is 7.89. The summed E-state index contributed by atoms with van der Waals surface area (Å²) in [5, 5.41) is 0.368. The molecule has 6 nitrogen and oxygen atoms in total. The van der Waals surface area contributed by atoms with Gasteiger partial charge >= 0.3 is 6.09 Å². The molecular weight excluding hydrogens is 304 g/mol. The van der Waals surface area contributed by atoms with Crippen molar-refractivity contribution in [2.75, 3.05) is 26.2 Å². The van der Waals surface area contributed by atoms with Gasteiger partial charge in [0.1, 0.15) is 6.61 Å². The van der Waals surface area contributed by atoms with Crippen LogP contribution in [0.5, 0.6) is 0 Å². The fourth-order valence-electron chi connectivity index (χ4n) is 1.82. The Morgan fingerprint density at radius 3 is 2.85 bits per heavy atom. The number of benzene rings is 1. The standard InChI is InChI=1S/C12H15ClN2O4S/c13-10-3-1-4-11(9-10)20(17,18)14-5-2-6-15-7-8-19-12(15)16/h1,3-4,9,14H,2,5-8H2. The van der Waals surface area contributed by atoms with Crippen LogP contribution in [0.25, 0.3) is 0 Å². The molecule has 1 N–H and O–H groups in total. The van der Waals surface area contributed by atoms with E-state index in [2.05, 4.69) is 4.72 Å². The second-order valence-electron chi connectivity index (χ2n) is 4.31. The molecule has 0 aromatic heterocycles. The number of hydrogen-bond acceptors (Lipinski definition) is 4. The van der Waals surface area contributed by atoms with Crippen LogP contribution in [0, 0.1) is 0 Å². The first-order valence-corrected chi connectivity index (χ1v) is 8.02. The SMILES string of the molecule is O=C1OCCN1CCCNS(=O)(=O)c1cccc(Cl)c1. The molecule has 0 unspecified atom stereocenters. The number of sulfonamides is 1. The number of nitrogens with one attached hydrogen (secondary N) is 1. The number of amides is 1. The molecule has 0 radical (unpaired) electrons. The quantitative estimate of drug-likeness (QED) is 0.806. The predicted molar refractivity (Wildman–Crippen MR) is 74.2 cm³/mol. The molecule has 1 saturated heterocycles. The zero-order valence-corrected chi connectivity index (χ0v) is 12.3. The largest absolute Gasteiger partial charge is 0.448 e. The Morgan fingerprint density at radius 2 is 2.20 bits per heavy atom. The normalized spacial score (nSPS) is 15.4. The third kappa shape index (κ3) is 3.84. The van der Waals surface area contributed by atoms with Gasteiger partial charge in [-0.25, -0.2) is 17.9 Å². The average molecular weight is 319 g/mol. The Labute approximate surface area is 122 Å². The fourth-order valence-corrected chi connectivity index (χ4v) is 3.20. The molecule has 0 saturated carbocycles. The van der Waals surface area contributed by atoms with Crippen molar-refractivity contribution >= 4 is 27.7 Å². The van der Waals surface area contributed by atoms with Crippen molar-refractivity contribution in [3.05, 3.63) is 29.3 Å². The minimum absolute atomic E-state index is 0.130. The summed E-state index contributed by atoms with van der Waals surface area (Å²) < 4.78 is 31.2. The summed E-state index contributed by atoms with van der Waals surface area (Å²) in [4.78, 5) is 12.9. The summed E-state index contributed by atoms with van der Waals surface area (Å²) >= 11 is 5.76. The van der Waals surface area contributed by atoms with Gasteiger partial charge in [-0.3, -0.25) is 0 Å². The van der Waals surface area contributed by atoms with Gasteiger partial charge in [0.25, 0.3) is 0 Å². The van der Waals surface area contributed by atoms with Gasteiger partial charge in [-0.15, -0.1) is 0 Å². The Balaban J connectivity index is 1.82. The number of halogens is 1. The Kier molecular flexibility index (Phi) is 4.85. The highest BCUT2D eigenvalue weighted by Gasteiger charge is 2.21. The zero-order valence-electron chi connectivity index (χ0n) is 10.7. The minimum atomic E-state index is -3.56. The van der Waals surface area contributed by atoms with Gasteiger partial charge in [0.15, 0.2) is 0 Å². The first kappa shape index (κ1) is 15.1. The molecule has 20 heavy (non-hydrogen) atoms. The molecule has 0 atom stereocenters. The van der Waals surface area contributed by atoms with Crippen LogP contribution in [-0.2, 0) is 14.8 Å². The molecule has 1 heterocycles. The lowest BCUT2D eigenvalue weighted by Gasteiger charge is -2.12. The molecule has 0 aliphatic carbocycles. The van der Waals surface area contributed by atoms with Gasteiger partial charge < -0.3 is 9.64 Å². The molecule has 110 valence electrons. The van der Waals surface area contributed by atoms with Crippen molar-refractivity contribution < 1.29 is 17.9 Å². The summed E-state index contributed by atoms with van der Waals surface area (Å²) in [5.74, 6) is 0. The summed E-state index contributed by atoms with van der Waals surface area (Å²) in [5.41, 5.74) is 0. The molecule has 1 aromatic carbocycles. The van der Waals surface area contributed by atoms with Crippen molar-refractivity contribution in [2.45, 2.75) is 11.3 Å². The molecule has 2 rings (SSSR count). The van der Waals surface area contributed by atoms with Crippen LogP contribution in [0.4, 0.5) is 4.79 Å². The number of nitrogens with zero attached hydrogens (tertiary/aromatic N) is 1. The molecule has 1 aliphatic rings. The van der Waals surface area contributed by atoms with E-state index >= 15 is 0 Å². The van der Waals surface area contributed by atoms with Gasteiger partial charge in [0.2, 0.25) is 10.0 Å². The van der Waals surface area contributed by atoms with Crippen molar-refractivity contribution in [2.24, 2.45) is 0 Å². The van der Waals surface area contributed by atoms with Crippen LogP contribution in [-0.4, -0.2) is 45.7 Å². The summed E-state index contributed by atoms with van der Waals surface area (Å²) in [6.45, 7) is 1.67. The van der Waals surface area contributed by atoms with Gasteiger partial charge in [0.05, 0.1) is 11.4 Å². The molecule has 0 spiro atoms. The van der Waals surface area contributed by atoms with Crippen molar-refractivity contribution in [3.63, 3.8) is 0 Å². The molecule has 1 fully saturated rings. The minimum Gasteiger partial charge on any atom is -0.448 e. The highest BCUT2D eigenvalue weighted by Crippen LogP contribution is 2.15. The van der Waals surface area contributed by atoms with E-state index in [1.807, 2.05) is 0 Å². The molecular formula is C12H15ClN2O4S. The fraction of sp³-hybridized carbons (Fsp3) is 0.417. The first-order valence-electron chi connectivity index (χ1n) is 6.16. The number of hydrogen-bond donors (Lipinski definition) is 1. The summed E-state index contributed by atoms with van der Waals surface area (Å²) in [6.07, 6.45) is 0.178. The lowest BCUT2D eigenvalue weighted by atomic mass is 10.4. The second kappa shape index (κ2) is 6.43. The van der Waals surface area contributed by atoms with E-state index < -0.39 is 10.0 Å². The molecule has 1 aromatic rings. The van der Waals surface area contributed by atoms with E-state index in [0.717, 1.165) is 0 Å². The molecule has 8 heteroatoms. The topological polar surface area (TPSA) is 75.7 Å². The Morgan fingerprint density at radius 1 is 1.40 bits per heavy atom. The van der Waals surface area contributed by atoms with E-state index in [9.17, 15) is 13.2 Å². The molecule has 1 amide bonds. The summed E-state index contributed by atoms with van der Waals surface area (Å²) in [6, 6.07) is 6.06. The maximum atomic E-state index is 12.0. The third-order valence-corrected chi connectivity index (χ3v) is 4.54. The highest BCUT2D eigenvalue weighted by atomic mass is 35.5. The second-order valence-corrected chi connectivity index (χ2v) is 6.51. The van der Waals surface area contributed by atoms with Crippen LogP contribution in [0.1, 0.15) is 6.42 Å². The average Bonchev–Trinajstić information content (AvgIpc) is 2.80. The van der Waals surface area contributed by atoms with Crippen LogP contribution in [0.2, 0.25) is 5.02 Å². The van der Waals surface area contributed by atoms with Gasteiger partial charge in [-0.2, -0.15) is 0 Å². The first-order chi connectivity index (χ1) is 9.49. The van der Waals surface area contributed by atoms with E-state index in [1.165, 1.54) is 12.1 Å². The smallest absolute Gasteiger partial charge is 0.409 e. The van der Waals surface area contributed by atoms with Crippen LogP contribution in [0.3, 0.4) is 0 Å². The number of ether oxygens (including phenoxy) is 1. The van der Waals surface area contributed by atoms with Crippen molar-refractivity contribution in [1.29, 1.82) is 0 Å². The number of carbonyl (C=O) groups excluding carboxylic acids is 1. The predicted octanol–water partition coefficient (Wildman–Crippen LogP) is 1.46. The van der Waals surface area contributed by atoms with E-state index in [1.54, 1.807) is 17.0 Å². The molecule has 0 bridgehead atoms. The van der Waals surface area contributed by atoms with E-state index in [4.69, 9.17) is 16.3 Å². The van der Waals surface area contributed by atoms with Gasteiger partial charge in [-0.1, -0.05) is 17.7 Å². The molecule has 1 aliphatic heterocycles. The summed E-state index contributed by atoms with van der Waals surface area (Å²) in [7, 11) is -3.56. The van der Waals surface area contributed by atoms with Gasteiger partial charge in [0, 0.05) is 18.1 Å². The number of cyclic esters (lactones) is 1. The lowest BCUT2D eigenvalue weighted by molar-refractivity contribution is 0.158. The number of rotatable bonds is 6. The van der Waals surface area contributed by atoms with Crippen LogP contribution < -0.4 is 4.72 Å². The van der Waals surface area contributed by atoms with Crippen molar-refractivity contribution in [1.82, 2.24) is 9.62 Å². The lowest BCUT2D eigenvalue weighted by Crippen LogP contribution is -2.30. The third-order valence-electron chi connectivity index (χ3n) is 2.85. The van der Waals surface area contributed by atoms with Gasteiger partial charge in [-0.05, 0) is 24.6 Å². The monoisotopic (exact) mass is 318 g/mol. The van der Waals surface area contributed by atoms with Crippen LogP contribution in [0.15, 0.2) is 29.2 Å². The van der Waals surface area contributed by atoms with E-state index in [-0.39, 0.29) is 17.5 Å².